The van der Waals surface area contributed by atoms with Gasteiger partial charge in [0, 0.05) is 23.4 Å². The molecule has 1 N–H and O–H groups in total. The van der Waals surface area contributed by atoms with Gasteiger partial charge in [-0.2, -0.15) is 0 Å². The first-order valence-corrected chi connectivity index (χ1v) is 9.18. The van der Waals surface area contributed by atoms with Gasteiger partial charge in [0.05, 0.1) is 0 Å². The summed E-state index contributed by atoms with van der Waals surface area (Å²) < 4.78 is 0. The van der Waals surface area contributed by atoms with Crippen molar-refractivity contribution in [1.82, 2.24) is 4.98 Å². The minimum absolute atomic E-state index is 1.03. The van der Waals surface area contributed by atoms with E-state index in [4.69, 9.17) is 0 Å². The first-order chi connectivity index (χ1) is 11.5. The largest absolute Gasteiger partial charge is 0.358 e. The van der Waals surface area contributed by atoms with Crippen LogP contribution in [0.4, 0.5) is 0 Å². The van der Waals surface area contributed by atoms with E-state index in [2.05, 4.69) is 69.1 Å². The van der Waals surface area contributed by atoms with Crippen molar-refractivity contribution in [3.8, 4) is 11.3 Å². The Labute approximate surface area is 148 Å². The molecule has 0 unspecified atom stereocenters. The van der Waals surface area contributed by atoms with Crippen molar-refractivity contribution in [3.05, 3.63) is 69.9 Å². The Morgan fingerprint density at radius 1 is 0.750 bits per heavy atom. The van der Waals surface area contributed by atoms with E-state index < -0.39 is 0 Å². The number of hydrogen-bond donors (Lipinski definition) is 1. The first-order valence-electron chi connectivity index (χ1n) is 9.18. The standard InChI is InChI=1S/C19H21N.2C2H6/c1-12-5-7-15(4)20-19-17-8-6-13(2)10-16(17)11-18(19)14(3)9-12;2*1-2/h5-10,20H,11H2,1-4H3;2*1-2H3. The number of aromatic nitrogens is 1. The Morgan fingerprint density at radius 2 is 1.33 bits per heavy atom. The van der Waals surface area contributed by atoms with Crippen LogP contribution in [-0.4, -0.2) is 4.98 Å². The molecule has 1 aromatic carbocycles. The summed E-state index contributed by atoms with van der Waals surface area (Å²) in [4.78, 5) is 3.60. The van der Waals surface area contributed by atoms with Crippen LogP contribution in [0, 0.1) is 27.7 Å². The third kappa shape index (κ3) is 4.50. The molecule has 0 amide bonds. The molecule has 0 atom stereocenters. The van der Waals surface area contributed by atoms with E-state index in [1.807, 2.05) is 27.7 Å². The predicted octanol–water partition coefficient (Wildman–Crippen LogP) is 7.00. The Balaban J connectivity index is 0.000000671. The van der Waals surface area contributed by atoms with E-state index in [0.29, 0.717) is 0 Å². The summed E-state index contributed by atoms with van der Waals surface area (Å²) in [6.07, 6.45) is 1.03. The molecule has 1 nitrogen and oxygen atoms in total. The third-order valence-corrected chi connectivity index (χ3v) is 4.04. The van der Waals surface area contributed by atoms with Crippen LogP contribution in [-0.2, 0) is 6.42 Å². The van der Waals surface area contributed by atoms with Gasteiger partial charge in [-0.3, -0.25) is 0 Å². The van der Waals surface area contributed by atoms with Gasteiger partial charge >= 0.3 is 0 Å². The monoisotopic (exact) mass is 323 g/mol. The summed E-state index contributed by atoms with van der Waals surface area (Å²) in [7, 11) is 0. The minimum Gasteiger partial charge on any atom is -0.358 e. The summed E-state index contributed by atoms with van der Waals surface area (Å²) in [5.41, 5.74) is 10.7. The van der Waals surface area contributed by atoms with Crippen LogP contribution in [0.25, 0.3) is 11.3 Å². The van der Waals surface area contributed by atoms with E-state index in [0.717, 1.165) is 6.42 Å². The molecule has 0 saturated carbocycles. The second kappa shape index (κ2) is 9.32. The van der Waals surface area contributed by atoms with E-state index in [1.165, 1.54) is 44.8 Å². The molecule has 0 aliphatic heterocycles. The molecule has 1 heterocycles. The third-order valence-electron chi connectivity index (χ3n) is 4.04. The molecular formula is C23H33N. The van der Waals surface area contributed by atoms with Gasteiger partial charge < -0.3 is 4.98 Å². The zero-order valence-corrected chi connectivity index (χ0v) is 16.7. The molecular weight excluding hydrogens is 290 g/mol. The summed E-state index contributed by atoms with van der Waals surface area (Å²) in [6.45, 7) is 16.7. The number of nitrogens with one attached hydrogen (secondary N) is 1. The van der Waals surface area contributed by atoms with Crippen LogP contribution in [0.5, 0.6) is 0 Å². The van der Waals surface area contributed by atoms with Gasteiger partial charge in [-0.05, 0) is 50.5 Å². The topological polar surface area (TPSA) is 15.8 Å². The molecule has 0 spiro atoms. The average Bonchev–Trinajstić information content (AvgIpc) is 2.95. The van der Waals surface area contributed by atoms with Crippen LogP contribution >= 0.6 is 0 Å². The highest BCUT2D eigenvalue weighted by molar-refractivity contribution is 5.74. The van der Waals surface area contributed by atoms with Crippen molar-refractivity contribution < 1.29 is 0 Å². The molecule has 1 aliphatic carbocycles. The Morgan fingerprint density at radius 3 is 2.00 bits per heavy atom. The summed E-state index contributed by atoms with van der Waals surface area (Å²) in [6, 6.07) is 13.4. The number of aromatic amines is 1. The number of benzene rings is 1. The smallest absolute Gasteiger partial charge is 0.0496 e. The maximum atomic E-state index is 3.60. The molecule has 3 rings (SSSR count). The van der Waals surface area contributed by atoms with Crippen molar-refractivity contribution >= 4 is 0 Å². The normalized spacial score (nSPS) is 10.3. The minimum atomic E-state index is 1.03. The van der Waals surface area contributed by atoms with Crippen molar-refractivity contribution in [2.45, 2.75) is 61.8 Å². The molecule has 1 aliphatic rings. The molecule has 130 valence electrons. The lowest BCUT2D eigenvalue weighted by molar-refractivity contribution is 1.18. The molecule has 0 fully saturated rings. The number of rotatable bonds is 0. The Kier molecular flexibility index (Phi) is 7.78. The van der Waals surface area contributed by atoms with E-state index in [1.54, 1.807) is 0 Å². The lowest BCUT2D eigenvalue weighted by atomic mass is 10.1. The number of hydrogen-bond acceptors (Lipinski definition) is 0. The SMILES string of the molecule is CC.CC.Cc1ccc(C)[nH]c2c(c(C)c1)Cc1cc(C)ccc1-2. The van der Waals surface area contributed by atoms with Gasteiger partial charge in [0.1, 0.15) is 0 Å². The highest BCUT2D eigenvalue weighted by Gasteiger charge is 2.19. The molecule has 1 aromatic heterocycles. The maximum absolute atomic E-state index is 3.60. The van der Waals surface area contributed by atoms with Gasteiger partial charge in [-0.1, -0.05) is 69.2 Å². The quantitative estimate of drug-likeness (QED) is 0.458. The van der Waals surface area contributed by atoms with Gasteiger partial charge in [0.15, 0.2) is 0 Å². The van der Waals surface area contributed by atoms with Crippen LogP contribution in [0.15, 0.2) is 36.4 Å². The van der Waals surface area contributed by atoms with Crippen LogP contribution in [0.1, 0.15) is 61.2 Å². The number of H-pyrrole nitrogens is 1. The fraction of sp³-hybridized carbons (Fsp3) is 0.391. The molecule has 0 bridgehead atoms. The van der Waals surface area contributed by atoms with Crippen molar-refractivity contribution in [1.29, 1.82) is 0 Å². The van der Waals surface area contributed by atoms with Crippen LogP contribution in [0.3, 0.4) is 0 Å². The molecule has 1 heteroatoms. The lowest BCUT2D eigenvalue weighted by Gasteiger charge is -2.02. The molecule has 0 saturated heterocycles. The van der Waals surface area contributed by atoms with Gasteiger partial charge in [0.2, 0.25) is 0 Å². The van der Waals surface area contributed by atoms with Crippen molar-refractivity contribution in [2.75, 3.05) is 0 Å². The predicted molar refractivity (Wildman–Crippen MR) is 108 cm³/mol. The first kappa shape index (κ1) is 20.0. The van der Waals surface area contributed by atoms with E-state index >= 15 is 0 Å². The van der Waals surface area contributed by atoms with Gasteiger partial charge in [0.25, 0.3) is 0 Å². The zero-order valence-electron chi connectivity index (χ0n) is 16.7. The van der Waals surface area contributed by atoms with Crippen molar-refractivity contribution in [2.24, 2.45) is 0 Å². The summed E-state index contributed by atoms with van der Waals surface area (Å²) in [5, 5.41) is 0. The average molecular weight is 324 g/mol. The Hall–Kier alpha value is -2.02. The van der Waals surface area contributed by atoms with E-state index in [-0.39, 0.29) is 0 Å². The zero-order chi connectivity index (χ0) is 18.3. The Bertz CT molecular complexity index is 734. The maximum Gasteiger partial charge on any atom is 0.0496 e. The lowest BCUT2D eigenvalue weighted by Crippen LogP contribution is -1.86. The number of fused-ring (bicyclic) bond motifs is 3. The molecule has 24 heavy (non-hydrogen) atoms. The second-order valence-corrected chi connectivity index (χ2v) is 5.90. The van der Waals surface area contributed by atoms with E-state index in [9.17, 15) is 0 Å². The van der Waals surface area contributed by atoms with Gasteiger partial charge in [-0.25, -0.2) is 0 Å². The van der Waals surface area contributed by atoms with Crippen LogP contribution in [0.2, 0.25) is 0 Å². The van der Waals surface area contributed by atoms with Crippen molar-refractivity contribution in [3.63, 3.8) is 0 Å². The highest BCUT2D eigenvalue weighted by atomic mass is 14.7. The van der Waals surface area contributed by atoms with Crippen LogP contribution < -0.4 is 0 Å². The van der Waals surface area contributed by atoms with Gasteiger partial charge in [-0.15, -0.1) is 0 Å². The summed E-state index contributed by atoms with van der Waals surface area (Å²) in [5.74, 6) is 0. The highest BCUT2D eigenvalue weighted by Crippen LogP contribution is 2.36. The fourth-order valence-corrected chi connectivity index (χ4v) is 3.01. The molecule has 0 radical (unpaired) electrons. The number of aryl methyl sites for hydroxylation is 4. The fourth-order valence-electron chi connectivity index (χ4n) is 3.01. The molecule has 2 aromatic rings. The summed E-state index contributed by atoms with van der Waals surface area (Å²) >= 11 is 0. The second-order valence-electron chi connectivity index (χ2n) is 5.90.